The van der Waals surface area contributed by atoms with Crippen LogP contribution in [0.25, 0.3) is 17.1 Å². The van der Waals surface area contributed by atoms with E-state index in [4.69, 9.17) is 16.9 Å². The molecule has 0 spiro atoms. The maximum Gasteiger partial charge on any atom is 0.274 e. The molecule has 1 N–H and O–H groups in total. The van der Waals surface area contributed by atoms with E-state index in [2.05, 4.69) is 15.0 Å². The molecule has 0 radical (unpaired) electrons. The Balaban J connectivity index is 1.73. The molecule has 3 aromatic heterocycles. The molecule has 0 aliphatic carbocycles. The van der Waals surface area contributed by atoms with Crippen LogP contribution < -0.4 is 5.56 Å². The molecule has 1 aromatic carbocycles. The van der Waals surface area contributed by atoms with E-state index in [1.54, 1.807) is 37.5 Å². The summed E-state index contributed by atoms with van der Waals surface area (Å²) in [6.07, 6.45) is 2.83. The summed E-state index contributed by atoms with van der Waals surface area (Å²) < 4.78 is 15.6. The first-order valence-corrected chi connectivity index (χ1v) is 12.1. The highest BCUT2D eigenvalue weighted by Crippen LogP contribution is 2.29. The largest absolute Gasteiger partial charge is 0.385 e. The standard InChI is InChI=1S/C28H25ClFN5O2/c1-15(9-19-5-6-20(13-31)22(30)11-19)21-10-17(3)35(28(37)26(21)29)25-12-24(33-14-16(25)2)23-7-8-32-27(34-23)18(4)36/h5-8,10-12,14-15,18,36H,9H2,1-4H3. The number of aliphatic hydroxyl groups is 1. The smallest absolute Gasteiger partial charge is 0.274 e. The summed E-state index contributed by atoms with van der Waals surface area (Å²) in [5.74, 6) is -0.466. The average Bonchev–Trinajstić information content (AvgIpc) is 2.87. The van der Waals surface area contributed by atoms with Gasteiger partial charge in [-0.2, -0.15) is 5.26 Å². The molecule has 9 heteroatoms. The third-order valence-corrected chi connectivity index (χ3v) is 6.59. The van der Waals surface area contributed by atoms with Crippen molar-refractivity contribution in [2.45, 2.75) is 46.1 Å². The Bertz CT molecular complexity index is 1590. The fraction of sp³-hybridized carbons (Fsp3) is 0.250. The van der Waals surface area contributed by atoms with Crippen molar-refractivity contribution in [3.8, 4) is 23.1 Å². The summed E-state index contributed by atoms with van der Waals surface area (Å²) in [7, 11) is 0. The molecule has 0 aliphatic rings. The Hall–Kier alpha value is -3.93. The van der Waals surface area contributed by atoms with Crippen molar-refractivity contribution >= 4 is 11.6 Å². The molecule has 37 heavy (non-hydrogen) atoms. The van der Waals surface area contributed by atoms with Crippen molar-refractivity contribution < 1.29 is 9.50 Å². The molecule has 0 amide bonds. The average molecular weight is 518 g/mol. The highest BCUT2D eigenvalue weighted by molar-refractivity contribution is 6.31. The van der Waals surface area contributed by atoms with Gasteiger partial charge in [-0.3, -0.25) is 14.3 Å². The lowest BCUT2D eigenvalue weighted by Gasteiger charge is -2.19. The normalized spacial score (nSPS) is 12.7. The molecule has 0 bridgehead atoms. The maximum atomic E-state index is 14.1. The van der Waals surface area contributed by atoms with Gasteiger partial charge in [-0.25, -0.2) is 14.4 Å². The van der Waals surface area contributed by atoms with Crippen molar-refractivity contribution in [1.82, 2.24) is 19.5 Å². The summed E-state index contributed by atoms with van der Waals surface area (Å²) in [5, 5.41) is 18.9. The van der Waals surface area contributed by atoms with Crippen molar-refractivity contribution in [2.24, 2.45) is 0 Å². The molecule has 4 aromatic rings. The van der Waals surface area contributed by atoms with Crippen LogP contribution >= 0.6 is 11.6 Å². The Labute approximate surface area is 218 Å². The molecule has 0 saturated heterocycles. The molecule has 3 heterocycles. The summed E-state index contributed by atoms with van der Waals surface area (Å²) in [4.78, 5) is 26.4. The Morgan fingerprint density at radius 1 is 1.14 bits per heavy atom. The second kappa shape index (κ2) is 10.6. The van der Waals surface area contributed by atoms with E-state index in [1.165, 1.54) is 16.7 Å². The highest BCUT2D eigenvalue weighted by Gasteiger charge is 2.20. The van der Waals surface area contributed by atoms with Crippen LogP contribution in [-0.2, 0) is 6.42 Å². The first kappa shape index (κ1) is 26.1. The molecule has 0 fully saturated rings. The predicted octanol–water partition coefficient (Wildman–Crippen LogP) is 5.37. The lowest BCUT2D eigenvalue weighted by atomic mass is 9.93. The number of nitriles is 1. The van der Waals surface area contributed by atoms with Crippen molar-refractivity contribution in [2.75, 3.05) is 0 Å². The van der Waals surface area contributed by atoms with Crippen molar-refractivity contribution in [3.63, 3.8) is 0 Å². The van der Waals surface area contributed by atoms with Crippen LogP contribution in [0.5, 0.6) is 0 Å². The van der Waals surface area contributed by atoms with E-state index >= 15 is 0 Å². The zero-order valence-corrected chi connectivity index (χ0v) is 21.6. The molecule has 7 nitrogen and oxygen atoms in total. The SMILES string of the molecule is Cc1cnc(-c2ccnc(C(C)O)n2)cc1-n1c(C)cc(C(C)Cc2ccc(C#N)c(F)c2)c(Cl)c1=O. The topological polar surface area (TPSA) is 105 Å². The zero-order chi connectivity index (χ0) is 26.9. The zero-order valence-electron chi connectivity index (χ0n) is 20.8. The van der Waals surface area contributed by atoms with Crippen LogP contribution in [0.1, 0.15) is 59.6 Å². The number of benzene rings is 1. The second-order valence-electron chi connectivity index (χ2n) is 9.06. The Morgan fingerprint density at radius 3 is 2.57 bits per heavy atom. The number of halogens is 2. The predicted molar refractivity (Wildman–Crippen MR) is 139 cm³/mol. The van der Waals surface area contributed by atoms with Gasteiger partial charge in [0, 0.05) is 18.1 Å². The fourth-order valence-electron chi connectivity index (χ4n) is 4.24. The lowest BCUT2D eigenvalue weighted by Crippen LogP contribution is -2.24. The third-order valence-electron chi connectivity index (χ3n) is 6.21. The summed E-state index contributed by atoms with van der Waals surface area (Å²) in [6.45, 7) is 7.18. The van der Waals surface area contributed by atoms with E-state index < -0.39 is 11.9 Å². The number of aliphatic hydroxyl groups excluding tert-OH is 1. The number of rotatable bonds is 6. The second-order valence-corrected chi connectivity index (χ2v) is 9.44. The summed E-state index contributed by atoms with van der Waals surface area (Å²) >= 11 is 6.61. The number of aromatic nitrogens is 4. The Kier molecular flexibility index (Phi) is 7.48. The molecular formula is C28H25ClFN5O2. The van der Waals surface area contributed by atoms with E-state index in [0.29, 0.717) is 40.3 Å². The van der Waals surface area contributed by atoms with Gasteiger partial charge in [-0.15, -0.1) is 0 Å². The minimum absolute atomic E-state index is 0.0102. The number of hydrogen-bond acceptors (Lipinski definition) is 6. The number of hydrogen-bond donors (Lipinski definition) is 1. The van der Waals surface area contributed by atoms with Crippen LogP contribution in [0.4, 0.5) is 4.39 Å². The number of aryl methyl sites for hydroxylation is 2. The third kappa shape index (κ3) is 5.29. The monoisotopic (exact) mass is 517 g/mol. The molecule has 0 saturated carbocycles. The minimum atomic E-state index is -0.830. The van der Waals surface area contributed by atoms with Gasteiger partial charge >= 0.3 is 0 Å². The van der Waals surface area contributed by atoms with Gasteiger partial charge in [0.1, 0.15) is 23.0 Å². The van der Waals surface area contributed by atoms with Gasteiger partial charge in [0.05, 0.1) is 22.6 Å². The quantitative estimate of drug-likeness (QED) is 0.368. The van der Waals surface area contributed by atoms with Gasteiger partial charge < -0.3 is 5.11 Å². The Morgan fingerprint density at radius 2 is 1.89 bits per heavy atom. The fourth-order valence-corrected chi connectivity index (χ4v) is 4.57. The van der Waals surface area contributed by atoms with Crippen molar-refractivity contribution in [1.29, 1.82) is 5.26 Å². The summed E-state index contributed by atoms with van der Waals surface area (Å²) in [5.41, 5.74) is 4.08. The summed E-state index contributed by atoms with van der Waals surface area (Å²) in [6, 6.07) is 11.6. The van der Waals surface area contributed by atoms with Crippen LogP contribution in [-0.4, -0.2) is 24.6 Å². The van der Waals surface area contributed by atoms with Gasteiger partial charge in [0.2, 0.25) is 0 Å². The van der Waals surface area contributed by atoms with E-state index in [1.807, 2.05) is 32.9 Å². The number of pyridine rings is 2. The van der Waals surface area contributed by atoms with Gasteiger partial charge in [-0.1, -0.05) is 24.6 Å². The van der Waals surface area contributed by atoms with Crippen LogP contribution in [0.2, 0.25) is 5.02 Å². The molecule has 4 rings (SSSR count). The minimum Gasteiger partial charge on any atom is -0.385 e. The van der Waals surface area contributed by atoms with E-state index in [-0.39, 0.29) is 27.9 Å². The molecule has 188 valence electrons. The molecule has 2 atom stereocenters. The maximum absolute atomic E-state index is 14.1. The molecule has 0 aliphatic heterocycles. The van der Waals surface area contributed by atoms with Crippen LogP contribution in [0, 0.1) is 31.0 Å². The van der Waals surface area contributed by atoms with Gasteiger partial charge in [-0.05, 0) is 80.1 Å². The van der Waals surface area contributed by atoms with Gasteiger partial charge in [0.25, 0.3) is 5.56 Å². The first-order chi connectivity index (χ1) is 17.6. The highest BCUT2D eigenvalue weighted by atomic mass is 35.5. The first-order valence-electron chi connectivity index (χ1n) is 11.7. The molecule has 2 unspecified atom stereocenters. The lowest BCUT2D eigenvalue weighted by molar-refractivity contribution is 0.189. The van der Waals surface area contributed by atoms with Crippen LogP contribution in [0.15, 0.2) is 53.6 Å². The molecular weight excluding hydrogens is 493 g/mol. The van der Waals surface area contributed by atoms with Crippen LogP contribution in [0.3, 0.4) is 0 Å². The van der Waals surface area contributed by atoms with E-state index in [0.717, 1.165) is 5.56 Å². The van der Waals surface area contributed by atoms with E-state index in [9.17, 15) is 14.3 Å². The van der Waals surface area contributed by atoms with Gasteiger partial charge in [0.15, 0.2) is 5.82 Å². The van der Waals surface area contributed by atoms with Crippen molar-refractivity contribution in [3.05, 3.63) is 104 Å². The number of nitrogens with zero attached hydrogens (tertiary/aromatic N) is 5.